The first-order valence-electron chi connectivity index (χ1n) is 4.44. The fraction of sp³-hybridized carbons (Fsp3) is 0. The average Bonchev–Trinajstić information content (AvgIpc) is 2.41. The van der Waals surface area contributed by atoms with Gasteiger partial charge in [0.05, 0.1) is 12.4 Å². The van der Waals surface area contributed by atoms with Crippen LogP contribution in [0.5, 0.6) is 0 Å². The van der Waals surface area contributed by atoms with Crippen molar-refractivity contribution in [2.75, 3.05) is 0 Å². The van der Waals surface area contributed by atoms with E-state index in [4.69, 9.17) is 5.11 Å². The van der Waals surface area contributed by atoms with Crippen LogP contribution in [0.15, 0.2) is 37.2 Å². The molecule has 0 spiro atoms. The van der Waals surface area contributed by atoms with E-state index in [1.165, 1.54) is 37.2 Å². The van der Waals surface area contributed by atoms with Crippen molar-refractivity contribution in [3.05, 3.63) is 48.6 Å². The number of carboxylic acids is 1. The standard InChI is InChI=1S/C5H4N2O2.C5H4N2O/c8-5(9)4-3-6-1-2-7-4;8-4-5-3-6-1-2-7-5/h1-3H,(H,8,9);1-4H. The summed E-state index contributed by atoms with van der Waals surface area (Å²) in [4.78, 5) is 34.4. The van der Waals surface area contributed by atoms with E-state index < -0.39 is 5.97 Å². The van der Waals surface area contributed by atoms with E-state index in [1.54, 1.807) is 0 Å². The average molecular weight is 232 g/mol. The number of carbonyl (C=O) groups excluding carboxylic acids is 1. The molecular weight excluding hydrogens is 224 g/mol. The molecule has 0 fully saturated rings. The van der Waals surface area contributed by atoms with Crippen LogP contribution < -0.4 is 0 Å². The largest absolute Gasteiger partial charge is 0.476 e. The van der Waals surface area contributed by atoms with E-state index in [0.717, 1.165) is 0 Å². The predicted molar refractivity (Wildman–Crippen MR) is 56.4 cm³/mol. The lowest BCUT2D eigenvalue weighted by atomic mass is 10.5. The number of carbonyl (C=O) groups is 2. The first kappa shape index (κ1) is 12.4. The summed E-state index contributed by atoms with van der Waals surface area (Å²) in [5, 5.41) is 8.28. The molecule has 0 aliphatic heterocycles. The van der Waals surface area contributed by atoms with E-state index in [2.05, 4.69) is 19.9 Å². The number of aldehydes is 1. The van der Waals surface area contributed by atoms with Gasteiger partial charge in [-0.15, -0.1) is 0 Å². The molecular formula is C10H8N4O3. The molecule has 1 N–H and O–H groups in total. The summed E-state index contributed by atoms with van der Waals surface area (Å²) in [5.74, 6) is -1.05. The second-order valence-electron chi connectivity index (χ2n) is 2.64. The Morgan fingerprint density at radius 3 is 2.00 bits per heavy atom. The molecule has 7 heteroatoms. The molecule has 0 atom stereocenters. The number of aromatic nitrogens is 4. The molecule has 2 rings (SSSR count). The number of aromatic carboxylic acids is 1. The maximum absolute atomic E-state index is 10.1. The quantitative estimate of drug-likeness (QED) is 0.749. The van der Waals surface area contributed by atoms with Crippen LogP contribution >= 0.6 is 0 Å². The molecule has 0 aromatic carbocycles. The van der Waals surface area contributed by atoms with Gasteiger partial charge >= 0.3 is 5.97 Å². The smallest absolute Gasteiger partial charge is 0.356 e. The van der Waals surface area contributed by atoms with Crippen LogP contribution in [0.25, 0.3) is 0 Å². The van der Waals surface area contributed by atoms with Gasteiger partial charge in [-0.2, -0.15) is 0 Å². The Balaban J connectivity index is 0.000000171. The minimum Gasteiger partial charge on any atom is -0.476 e. The van der Waals surface area contributed by atoms with Crippen LogP contribution in [0.2, 0.25) is 0 Å². The van der Waals surface area contributed by atoms with E-state index in [0.29, 0.717) is 12.0 Å². The summed E-state index contributed by atoms with van der Waals surface area (Å²) in [6.07, 6.45) is 9.02. The molecule has 2 aromatic heterocycles. The first-order chi connectivity index (χ1) is 8.24. The number of hydrogen-bond donors (Lipinski definition) is 1. The Labute approximate surface area is 96.2 Å². The zero-order valence-electron chi connectivity index (χ0n) is 8.59. The lowest BCUT2D eigenvalue weighted by Gasteiger charge is -1.86. The molecule has 0 bridgehead atoms. The van der Waals surface area contributed by atoms with E-state index in [9.17, 15) is 9.59 Å². The summed E-state index contributed by atoms with van der Waals surface area (Å²) in [6, 6.07) is 0. The summed E-state index contributed by atoms with van der Waals surface area (Å²) in [5.41, 5.74) is 0.338. The highest BCUT2D eigenvalue weighted by Crippen LogP contribution is 1.86. The molecule has 0 saturated carbocycles. The second kappa shape index (κ2) is 6.72. The Kier molecular flexibility index (Phi) is 4.89. The molecule has 0 saturated heterocycles. The lowest BCUT2D eigenvalue weighted by Crippen LogP contribution is -1.99. The molecule has 0 aliphatic carbocycles. The zero-order chi connectivity index (χ0) is 12.5. The molecule has 0 radical (unpaired) electrons. The van der Waals surface area contributed by atoms with Gasteiger partial charge in [0.2, 0.25) is 0 Å². The van der Waals surface area contributed by atoms with Crippen molar-refractivity contribution in [3.8, 4) is 0 Å². The Hall–Kier alpha value is -2.70. The maximum atomic E-state index is 10.1. The van der Waals surface area contributed by atoms with Crippen LogP contribution in [-0.2, 0) is 0 Å². The summed E-state index contributed by atoms with van der Waals surface area (Å²) < 4.78 is 0. The SMILES string of the molecule is O=C(O)c1cnccn1.O=Cc1cnccn1. The van der Waals surface area contributed by atoms with Crippen molar-refractivity contribution >= 4 is 12.3 Å². The minimum atomic E-state index is -1.05. The Morgan fingerprint density at radius 2 is 1.71 bits per heavy atom. The van der Waals surface area contributed by atoms with Crippen molar-refractivity contribution in [2.24, 2.45) is 0 Å². The van der Waals surface area contributed by atoms with Gasteiger partial charge in [0.1, 0.15) is 5.69 Å². The minimum absolute atomic E-state index is 0.0301. The number of rotatable bonds is 2. The van der Waals surface area contributed by atoms with Crippen LogP contribution in [0.3, 0.4) is 0 Å². The highest BCUT2D eigenvalue weighted by molar-refractivity contribution is 5.84. The van der Waals surface area contributed by atoms with Crippen molar-refractivity contribution in [1.82, 2.24) is 19.9 Å². The molecule has 0 amide bonds. The van der Waals surface area contributed by atoms with Gasteiger partial charge in [0.15, 0.2) is 12.0 Å². The molecule has 7 nitrogen and oxygen atoms in total. The van der Waals surface area contributed by atoms with Crippen molar-refractivity contribution in [2.45, 2.75) is 0 Å². The second-order valence-corrected chi connectivity index (χ2v) is 2.64. The Bertz CT molecular complexity index is 475. The maximum Gasteiger partial charge on any atom is 0.356 e. The van der Waals surface area contributed by atoms with E-state index in [1.807, 2.05) is 0 Å². The van der Waals surface area contributed by atoms with Crippen LogP contribution in [0.4, 0.5) is 0 Å². The molecule has 0 aliphatic rings. The highest BCUT2D eigenvalue weighted by Gasteiger charge is 2.00. The number of carboxylic acid groups (broad SMARTS) is 1. The van der Waals surface area contributed by atoms with Gasteiger partial charge in [-0.25, -0.2) is 9.78 Å². The van der Waals surface area contributed by atoms with Crippen molar-refractivity contribution in [1.29, 1.82) is 0 Å². The monoisotopic (exact) mass is 232 g/mol. The van der Waals surface area contributed by atoms with Crippen molar-refractivity contribution < 1.29 is 14.7 Å². The van der Waals surface area contributed by atoms with Gasteiger partial charge < -0.3 is 5.11 Å². The third kappa shape index (κ3) is 4.56. The molecule has 2 heterocycles. The molecule has 2 aromatic rings. The molecule has 86 valence electrons. The zero-order valence-corrected chi connectivity index (χ0v) is 8.59. The lowest BCUT2D eigenvalue weighted by molar-refractivity contribution is 0.0690. The van der Waals surface area contributed by atoms with E-state index >= 15 is 0 Å². The molecule has 17 heavy (non-hydrogen) atoms. The van der Waals surface area contributed by atoms with E-state index in [-0.39, 0.29) is 5.69 Å². The van der Waals surface area contributed by atoms with Crippen LogP contribution in [0.1, 0.15) is 21.0 Å². The fourth-order valence-corrected chi connectivity index (χ4v) is 0.781. The summed E-state index contributed by atoms with van der Waals surface area (Å²) >= 11 is 0. The fourth-order valence-electron chi connectivity index (χ4n) is 0.781. The normalized spacial score (nSPS) is 8.71. The van der Waals surface area contributed by atoms with Gasteiger partial charge in [0, 0.05) is 24.8 Å². The van der Waals surface area contributed by atoms with Gasteiger partial charge in [-0.1, -0.05) is 0 Å². The van der Waals surface area contributed by atoms with Crippen molar-refractivity contribution in [3.63, 3.8) is 0 Å². The number of hydrogen-bond acceptors (Lipinski definition) is 6. The van der Waals surface area contributed by atoms with Gasteiger partial charge in [0.25, 0.3) is 0 Å². The Morgan fingerprint density at radius 1 is 1.06 bits per heavy atom. The van der Waals surface area contributed by atoms with Crippen LogP contribution in [0, 0.1) is 0 Å². The van der Waals surface area contributed by atoms with Crippen LogP contribution in [-0.4, -0.2) is 37.3 Å². The third-order valence-electron chi connectivity index (χ3n) is 1.49. The van der Waals surface area contributed by atoms with Gasteiger partial charge in [-0.3, -0.25) is 19.7 Å². The number of nitrogens with zero attached hydrogens (tertiary/aromatic N) is 4. The highest BCUT2D eigenvalue weighted by atomic mass is 16.4. The summed E-state index contributed by atoms with van der Waals surface area (Å²) in [7, 11) is 0. The summed E-state index contributed by atoms with van der Waals surface area (Å²) in [6.45, 7) is 0. The predicted octanol–water partition coefficient (Wildman–Crippen LogP) is 0.464. The van der Waals surface area contributed by atoms with Gasteiger partial charge in [-0.05, 0) is 0 Å². The topological polar surface area (TPSA) is 106 Å². The first-order valence-corrected chi connectivity index (χ1v) is 4.44. The molecule has 0 unspecified atom stereocenters. The third-order valence-corrected chi connectivity index (χ3v) is 1.49.